The first-order chi connectivity index (χ1) is 21.8. The molecular weight excluding hydrogens is 582 g/mol. The van der Waals surface area contributed by atoms with E-state index in [1.165, 1.54) is 10.6 Å². The van der Waals surface area contributed by atoms with Crippen molar-refractivity contribution >= 4 is 57.2 Å². The third kappa shape index (κ3) is 7.03. The lowest BCUT2D eigenvalue weighted by Crippen LogP contribution is -2.29. The number of nitrogens with zero attached hydrogens (tertiary/aromatic N) is 4. The Morgan fingerprint density at radius 1 is 0.956 bits per heavy atom. The molecule has 234 valence electrons. The molecule has 0 bridgehead atoms. The maximum absolute atomic E-state index is 12.7. The number of benzene rings is 3. The Morgan fingerprint density at radius 2 is 1.64 bits per heavy atom. The molecule has 0 aliphatic heterocycles. The van der Waals surface area contributed by atoms with Gasteiger partial charge < -0.3 is 20.7 Å². The van der Waals surface area contributed by atoms with Crippen molar-refractivity contribution in [2.45, 2.75) is 32.6 Å². The van der Waals surface area contributed by atoms with Crippen molar-refractivity contribution < 1.29 is 34.2 Å². The molecule has 2 heterocycles. The van der Waals surface area contributed by atoms with Crippen LogP contribution in [-0.4, -0.2) is 63.7 Å². The topological polar surface area (TPSA) is 184 Å². The van der Waals surface area contributed by atoms with E-state index in [2.05, 4.69) is 26.3 Å². The minimum atomic E-state index is -0.145. The first kappa shape index (κ1) is 31.0. The number of carbonyl (C=O) groups is 3. The zero-order chi connectivity index (χ0) is 31.9. The molecule has 2 aromatic heterocycles. The molecule has 0 unspecified atom stereocenters. The Hall–Kier alpha value is -5.47. The molecule has 14 heteroatoms. The molecule has 0 atom stereocenters. The Bertz CT molecular complexity index is 1830. The normalized spacial score (nSPS) is 11.0. The van der Waals surface area contributed by atoms with E-state index in [4.69, 9.17) is 9.37 Å². The summed E-state index contributed by atoms with van der Waals surface area (Å²) in [5.41, 5.74) is 4.87. The molecule has 5 rings (SSSR count). The van der Waals surface area contributed by atoms with Gasteiger partial charge in [-0.15, -0.1) is 5.23 Å². The van der Waals surface area contributed by atoms with Crippen molar-refractivity contribution in [1.29, 1.82) is 0 Å². The minimum Gasteiger partial charge on any atom is -0.497 e. The van der Waals surface area contributed by atoms with Gasteiger partial charge in [-0.05, 0) is 83.7 Å². The van der Waals surface area contributed by atoms with Crippen molar-refractivity contribution in [2.24, 2.45) is 0 Å². The number of carbonyl (C=O) groups excluding carboxylic acids is 3. The molecule has 14 nitrogen and oxygen atoms in total. The van der Waals surface area contributed by atoms with Gasteiger partial charge in [0.05, 0.1) is 31.2 Å². The average molecular weight is 616 g/mol. The number of aromatic nitrogens is 3. The van der Waals surface area contributed by atoms with Gasteiger partial charge in [-0.25, -0.2) is 4.63 Å². The number of anilines is 3. The summed E-state index contributed by atoms with van der Waals surface area (Å²) in [5, 5.41) is 36.0. The largest absolute Gasteiger partial charge is 0.497 e. The molecule has 0 saturated heterocycles. The molecule has 0 saturated carbocycles. The Balaban J connectivity index is 1.03. The second kappa shape index (κ2) is 13.9. The van der Waals surface area contributed by atoms with Crippen molar-refractivity contribution in [3.63, 3.8) is 0 Å². The van der Waals surface area contributed by atoms with E-state index in [1.54, 1.807) is 25.3 Å². The second-order valence-electron chi connectivity index (χ2n) is 10.4. The molecule has 0 fully saturated rings. The second-order valence-corrected chi connectivity index (χ2v) is 10.4. The first-order valence-electron chi connectivity index (χ1n) is 14.2. The first-order valence-corrected chi connectivity index (χ1v) is 14.2. The van der Waals surface area contributed by atoms with Crippen LogP contribution >= 0.6 is 0 Å². The van der Waals surface area contributed by atoms with Gasteiger partial charge in [0.1, 0.15) is 11.4 Å². The fraction of sp³-hybridized carbons (Fsp3) is 0.258. The molecule has 45 heavy (non-hydrogen) atoms. The summed E-state index contributed by atoms with van der Waals surface area (Å²) in [5.74, 6) is 0.396. The summed E-state index contributed by atoms with van der Waals surface area (Å²) >= 11 is 0. The van der Waals surface area contributed by atoms with E-state index in [1.807, 2.05) is 37.3 Å². The number of hydrogen-bond donors (Lipinski definition) is 5. The summed E-state index contributed by atoms with van der Waals surface area (Å²) in [4.78, 5) is 36.7. The summed E-state index contributed by atoms with van der Waals surface area (Å²) in [6.45, 7) is 2.77. The Kier molecular flexibility index (Phi) is 9.55. The van der Waals surface area contributed by atoms with Crippen LogP contribution in [0.5, 0.6) is 5.75 Å². The molecule has 0 radical (unpaired) electrons. The van der Waals surface area contributed by atoms with E-state index < -0.39 is 0 Å². The fourth-order valence-electron chi connectivity index (χ4n) is 5.13. The highest BCUT2D eigenvalue weighted by Crippen LogP contribution is 2.31. The van der Waals surface area contributed by atoms with Crippen LogP contribution in [0.3, 0.4) is 0 Å². The summed E-state index contributed by atoms with van der Waals surface area (Å²) in [7, 11) is 1.57. The molecule has 0 spiro atoms. The molecule has 0 aliphatic carbocycles. The number of nitrogens with one attached hydrogen (secondary N) is 3. The van der Waals surface area contributed by atoms with Crippen LogP contribution in [-0.2, 0) is 27.2 Å². The predicted molar refractivity (Wildman–Crippen MR) is 166 cm³/mol. The molecule has 2 amide bonds. The van der Waals surface area contributed by atoms with Crippen LogP contribution in [0, 0.1) is 6.92 Å². The van der Waals surface area contributed by atoms with Crippen LogP contribution in [0.25, 0.3) is 21.9 Å². The summed E-state index contributed by atoms with van der Waals surface area (Å²) < 4.78 is 11.6. The summed E-state index contributed by atoms with van der Waals surface area (Å²) in [6.07, 6.45) is 2.49. The number of amides is 2. The smallest absolute Gasteiger partial charge is 0.224 e. The van der Waals surface area contributed by atoms with Crippen LogP contribution in [0.2, 0.25) is 0 Å². The molecule has 3 aromatic carbocycles. The number of unbranched alkanes of at least 4 members (excludes halogenated alkanes) is 1. The molecular formula is C31H33N7O7. The third-order valence-electron chi connectivity index (χ3n) is 7.48. The standard InChI is InChI=1S/C31H33N7O7/c1-19-23(24-16-22(44-2)9-11-26(24)37(19)18-39)17-29(41)33-14-4-3-13-32-28(40)15-20-5-7-21(8-6-20)34-25-10-12-27(38(42)43)31-30(25)35-45-36-31/h5-12,16,18,34,42-43H,3-4,13-15,17H2,1-2H3,(H,32,40)(H,33,41). The highest BCUT2D eigenvalue weighted by Gasteiger charge is 2.18. The van der Waals surface area contributed by atoms with E-state index >= 15 is 0 Å². The zero-order valence-corrected chi connectivity index (χ0v) is 24.7. The lowest BCUT2D eigenvalue weighted by atomic mass is 10.1. The molecule has 5 N–H and O–H groups in total. The van der Waals surface area contributed by atoms with Crippen LogP contribution in [0.15, 0.2) is 59.2 Å². The lowest BCUT2D eigenvalue weighted by Gasteiger charge is -2.11. The van der Waals surface area contributed by atoms with Gasteiger partial charge in [0.25, 0.3) is 0 Å². The van der Waals surface area contributed by atoms with Crippen molar-refractivity contribution in [3.05, 3.63) is 71.4 Å². The number of hydrogen-bond acceptors (Lipinski definition) is 11. The SMILES string of the molecule is COc1ccc2c(c1)c(CC(=O)NCCCCNC(=O)Cc1ccc(Nc3ccc(N(O)O)c4nonc34)cc1)c(C)n2C=O. The van der Waals surface area contributed by atoms with Gasteiger partial charge in [-0.2, -0.15) is 0 Å². The quantitative estimate of drug-likeness (QED) is 0.0698. The minimum absolute atomic E-state index is 0.0246. The van der Waals surface area contributed by atoms with E-state index in [0.717, 1.165) is 39.8 Å². The van der Waals surface area contributed by atoms with Gasteiger partial charge in [0.15, 0.2) is 11.0 Å². The maximum atomic E-state index is 12.7. The van der Waals surface area contributed by atoms with Crippen LogP contribution in [0.1, 0.15) is 29.7 Å². The maximum Gasteiger partial charge on any atom is 0.224 e. The molecule has 0 aliphatic rings. The van der Waals surface area contributed by atoms with Crippen LogP contribution in [0.4, 0.5) is 17.1 Å². The summed E-state index contributed by atoms with van der Waals surface area (Å²) in [6, 6.07) is 15.8. The van der Waals surface area contributed by atoms with E-state index in [9.17, 15) is 24.8 Å². The van der Waals surface area contributed by atoms with Gasteiger partial charge >= 0.3 is 0 Å². The van der Waals surface area contributed by atoms with Crippen molar-refractivity contribution in [2.75, 3.05) is 30.7 Å². The zero-order valence-electron chi connectivity index (χ0n) is 24.7. The van der Waals surface area contributed by atoms with Gasteiger partial charge in [-0.1, -0.05) is 12.1 Å². The monoisotopic (exact) mass is 615 g/mol. The Labute approximate surface area is 257 Å². The molecule has 5 aromatic rings. The fourth-order valence-corrected chi connectivity index (χ4v) is 5.13. The number of methoxy groups -OCH3 is 1. The van der Waals surface area contributed by atoms with Crippen LogP contribution < -0.4 is 25.9 Å². The lowest BCUT2D eigenvalue weighted by molar-refractivity contribution is -0.121. The highest BCUT2D eigenvalue weighted by atomic mass is 16.8. The third-order valence-corrected chi connectivity index (χ3v) is 7.48. The number of rotatable bonds is 14. The van der Waals surface area contributed by atoms with E-state index in [-0.39, 0.29) is 41.1 Å². The average Bonchev–Trinajstić information content (AvgIpc) is 3.62. The van der Waals surface area contributed by atoms with Gasteiger partial charge in [0.2, 0.25) is 18.2 Å². The number of fused-ring (bicyclic) bond motifs is 2. The predicted octanol–water partition coefficient (Wildman–Crippen LogP) is 3.66. The van der Waals surface area contributed by atoms with E-state index in [0.29, 0.717) is 42.9 Å². The van der Waals surface area contributed by atoms with Crippen molar-refractivity contribution in [1.82, 2.24) is 25.5 Å². The highest BCUT2D eigenvalue weighted by molar-refractivity contribution is 5.97. The Morgan fingerprint density at radius 3 is 2.31 bits per heavy atom. The van der Waals surface area contributed by atoms with Gasteiger partial charge in [-0.3, -0.25) is 29.4 Å². The van der Waals surface area contributed by atoms with Gasteiger partial charge in [0, 0.05) is 29.9 Å². The number of ether oxygens (including phenoxy) is 1. The van der Waals surface area contributed by atoms with Crippen molar-refractivity contribution in [3.8, 4) is 5.75 Å².